The van der Waals surface area contributed by atoms with Crippen LogP contribution in [0.3, 0.4) is 0 Å². The first-order valence-electron chi connectivity index (χ1n) is 7.20. The van der Waals surface area contributed by atoms with Crippen molar-refractivity contribution < 1.29 is 26.7 Å². The average molecular weight is 405 g/mol. The minimum Gasteiger partial charge on any atom is -0.433 e. The van der Waals surface area contributed by atoms with Crippen molar-refractivity contribution in [3.8, 4) is 5.75 Å². The average Bonchev–Trinajstić information content (AvgIpc) is 2.56. The Bertz CT molecular complexity index is 920. The van der Waals surface area contributed by atoms with Crippen molar-refractivity contribution in [1.29, 1.82) is 0 Å². The predicted molar refractivity (Wildman–Crippen MR) is 93.4 cm³/mol. The molecule has 2 aromatic carbocycles. The Morgan fingerprint density at radius 2 is 1.85 bits per heavy atom. The number of para-hydroxylation sites is 2. The summed E-state index contributed by atoms with van der Waals surface area (Å²) < 4.78 is 54.6. The number of nitrogens with zero attached hydrogens (tertiary/aromatic N) is 1. The monoisotopic (exact) mass is 404 g/mol. The molecule has 0 aliphatic heterocycles. The number of ether oxygens (including phenoxy) is 1. The summed E-state index contributed by atoms with van der Waals surface area (Å²) in [6.07, 6.45) is 0. The minimum absolute atomic E-state index is 0.00487. The van der Waals surface area contributed by atoms with Gasteiger partial charge in [-0.25, -0.2) is 12.7 Å². The van der Waals surface area contributed by atoms with E-state index in [-0.39, 0.29) is 26.9 Å². The zero-order valence-electron chi connectivity index (χ0n) is 13.7. The quantitative estimate of drug-likeness (QED) is 0.800. The van der Waals surface area contributed by atoms with Crippen LogP contribution in [-0.2, 0) is 10.0 Å². The second kappa shape index (κ2) is 7.98. The van der Waals surface area contributed by atoms with Crippen molar-refractivity contribution in [1.82, 2.24) is 4.31 Å². The molecule has 0 aromatic heterocycles. The zero-order valence-corrected chi connectivity index (χ0v) is 15.3. The van der Waals surface area contributed by atoms with Crippen molar-refractivity contribution >= 4 is 33.2 Å². The maximum atomic E-state index is 12.5. The highest BCUT2D eigenvalue weighted by Gasteiger charge is 2.21. The molecule has 26 heavy (non-hydrogen) atoms. The standard InChI is InChI=1S/C16H15ClF2N2O4S/c1-21(2)26(23,24)10-7-8-12(17)11(9-10)15(22)20-13-5-3-4-6-14(13)25-16(18)19/h3-9,16H,1-2H3,(H,20,22). The van der Waals surface area contributed by atoms with E-state index in [0.717, 1.165) is 10.4 Å². The number of amides is 1. The third-order valence-corrected chi connectivity index (χ3v) is 5.45. The third-order valence-electron chi connectivity index (χ3n) is 3.31. The SMILES string of the molecule is CN(C)S(=O)(=O)c1ccc(Cl)c(C(=O)Nc2ccccc2OC(F)F)c1. The van der Waals surface area contributed by atoms with Crippen LogP contribution < -0.4 is 10.1 Å². The summed E-state index contributed by atoms with van der Waals surface area (Å²) in [4.78, 5) is 12.3. The molecule has 0 bridgehead atoms. The molecule has 2 aromatic rings. The van der Waals surface area contributed by atoms with E-state index in [1.165, 1.54) is 50.5 Å². The molecule has 0 fully saturated rings. The molecule has 1 N–H and O–H groups in total. The Labute approximate surface area is 154 Å². The highest BCUT2D eigenvalue weighted by molar-refractivity contribution is 7.89. The van der Waals surface area contributed by atoms with Crippen LogP contribution in [0.15, 0.2) is 47.4 Å². The number of nitrogens with one attached hydrogen (secondary N) is 1. The van der Waals surface area contributed by atoms with Gasteiger partial charge in [0.25, 0.3) is 5.91 Å². The Kier molecular flexibility index (Phi) is 6.17. The molecule has 0 aliphatic carbocycles. The number of hydrogen-bond donors (Lipinski definition) is 1. The van der Waals surface area contributed by atoms with E-state index < -0.39 is 22.5 Å². The summed E-state index contributed by atoms with van der Waals surface area (Å²) in [6.45, 7) is -3.06. The first-order chi connectivity index (χ1) is 12.1. The van der Waals surface area contributed by atoms with Crippen molar-refractivity contribution in [2.45, 2.75) is 11.5 Å². The zero-order chi connectivity index (χ0) is 19.5. The van der Waals surface area contributed by atoms with Crippen LogP contribution in [0.5, 0.6) is 5.75 Å². The van der Waals surface area contributed by atoms with Crippen LogP contribution in [0.1, 0.15) is 10.4 Å². The largest absolute Gasteiger partial charge is 0.433 e. The Morgan fingerprint density at radius 3 is 2.46 bits per heavy atom. The van der Waals surface area contributed by atoms with Crippen LogP contribution in [-0.4, -0.2) is 39.3 Å². The molecule has 6 nitrogen and oxygen atoms in total. The molecule has 2 rings (SSSR count). The molecule has 0 radical (unpaired) electrons. The lowest BCUT2D eigenvalue weighted by molar-refractivity contribution is -0.0493. The van der Waals surface area contributed by atoms with Crippen LogP contribution in [0, 0.1) is 0 Å². The minimum atomic E-state index is -3.78. The Hall–Kier alpha value is -2.23. The number of halogens is 3. The molecule has 140 valence electrons. The normalized spacial score (nSPS) is 11.7. The number of carbonyl (C=O) groups is 1. The fourth-order valence-corrected chi connectivity index (χ4v) is 3.14. The van der Waals surface area contributed by atoms with Gasteiger partial charge in [0.15, 0.2) is 0 Å². The summed E-state index contributed by atoms with van der Waals surface area (Å²) in [5.41, 5.74) is -0.129. The maximum Gasteiger partial charge on any atom is 0.387 e. The lowest BCUT2D eigenvalue weighted by atomic mass is 10.2. The lowest BCUT2D eigenvalue weighted by Crippen LogP contribution is -2.23. The van der Waals surface area contributed by atoms with Gasteiger partial charge in [-0.15, -0.1) is 0 Å². The summed E-state index contributed by atoms with van der Waals surface area (Å²) in [5.74, 6) is -1.000. The molecule has 0 spiro atoms. The number of carbonyl (C=O) groups excluding carboxylic acids is 1. The molecule has 0 aliphatic rings. The number of benzene rings is 2. The van der Waals surface area contributed by atoms with Gasteiger partial charge in [0.05, 0.1) is 21.2 Å². The summed E-state index contributed by atoms with van der Waals surface area (Å²) in [7, 11) is -1.08. The molecule has 0 unspecified atom stereocenters. The molecular weight excluding hydrogens is 390 g/mol. The van der Waals surface area contributed by atoms with Crippen molar-refractivity contribution in [3.05, 3.63) is 53.1 Å². The van der Waals surface area contributed by atoms with Gasteiger partial charge in [-0.1, -0.05) is 23.7 Å². The summed E-state index contributed by atoms with van der Waals surface area (Å²) in [6, 6.07) is 9.26. The van der Waals surface area contributed by atoms with Crippen molar-refractivity contribution in [2.24, 2.45) is 0 Å². The number of sulfonamides is 1. The first-order valence-corrected chi connectivity index (χ1v) is 9.02. The number of hydrogen-bond acceptors (Lipinski definition) is 4. The van der Waals surface area contributed by atoms with E-state index in [1.54, 1.807) is 0 Å². The molecule has 0 saturated heterocycles. The summed E-state index contributed by atoms with van der Waals surface area (Å²) >= 11 is 5.99. The highest BCUT2D eigenvalue weighted by atomic mass is 35.5. The van der Waals surface area contributed by atoms with Crippen LogP contribution in [0.2, 0.25) is 5.02 Å². The Balaban J connectivity index is 2.37. The van der Waals surface area contributed by atoms with Gasteiger partial charge in [-0.2, -0.15) is 8.78 Å². The predicted octanol–water partition coefficient (Wildman–Crippen LogP) is 3.44. The van der Waals surface area contributed by atoms with Crippen molar-refractivity contribution in [2.75, 3.05) is 19.4 Å². The van der Waals surface area contributed by atoms with Crippen LogP contribution >= 0.6 is 11.6 Å². The first kappa shape index (κ1) is 20.1. The van der Waals surface area contributed by atoms with Gasteiger partial charge in [0.2, 0.25) is 10.0 Å². The van der Waals surface area contributed by atoms with E-state index in [0.29, 0.717) is 0 Å². The smallest absolute Gasteiger partial charge is 0.387 e. The van der Waals surface area contributed by atoms with Gasteiger partial charge in [-0.05, 0) is 30.3 Å². The highest BCUT2D eigenvalue weighted by Crippen LogP contribution is 2.28. The van der Waals surface area contributed by atoms with E-state index in [1.807, 2.05) is 0 Å². The topological polar surface area (TPSA) is 75.7 Å². The molecule has 1 amide bonds. The van der Waals surface area contributed by atoms with Crippen LogP contribution in [0.25, 0.3) is 0 Å². The molecule has 10 heteroatoms. The van der Waals surface area contributed by atoms with Gasteiger partial charge in [0, 0.05) is 14.1 Å². The number of alkyl halides is 2. The fourth-order valence-electron chi connectivity index (χ4n) is 2.01. The Morgan fingerprint density at radius 1 is 1.19 bits per heavy atom. The van der Waals surface area contributed by atoms with Gasteiger partial charge in [0.1, 0.15) is 5.75 Å². The van der Waals surface area contributed by atoms with E-state index in [9.17, 15) is 22.0 Å². The maximum absolute atomic E-state index is 12.5. The molecule has 0 heterocycles. The second-order valence-corrected chi connectivity index (χ2v) is 7.82. The fraction of sp³-hybridized carbons (Fsp3) is 0.188. The second-order valence-electron chi connectivity index (χ2n) is 5.26. The summed E-state index contributed by atoms with van der Waals surface area (Å²) in [5, 5.41) is 2.40. The number of anilines is 1. The molecular formula is C16H15ClF2N2O4S. The van der Waals surface area contributed by atoms with Crippen LogP contribution in [0.4, 0.5) is 14.5 Å². The van der Waals surface area contributed by atoms with Gasteiger partial charge in [-0.3, -0.25) is 4.79 Å². The van der Waals surface area contributed by atoms with Crippen molar-refractivity contribution in [3.63, 3.8) is 0 Å². The lowest BCUT2D eigenvalue weighted by Gasteiger charge is -2.14. The van der Waals surface area contributed by atoms with E-state index in [4.69, 9.17) is 11.6 Å². The van der Waals surface area contributed by atoms with E-state index in [2.05, 4.69) is 10.1 Å². The van der Waals surface area contributed by atoms with Gasteiger partial charge < -0.3 is 10.1 Å². The van der Waals surface area contributed by atoms with E-state index >= 15 is 0 Å². The molecule has 0 atom stereocenters. The van der Waals surface area contributed by atoms with Gasteiger partial charge >= 0.3 is 6.61 Å². The molecule has 0 saturated carbocycles. The third kappa shape index (κ3) is 4.48. The number of rotatable bonds is 6.